The molecule has 0 aromatic heterocycles. The number of hydrogen-bond donors (Lipinski definition) is 1. The first-order valence-corrected chi connectivity index (χ1v) is 7.71. The van der Waals surface area contributed by atoms with Crippen molar-refractivity contribution < 1.29 is 47.0 Å². The minimum Gasteiger partial charge on any atom is -0.310 e. The summed E-state index contributed by atoms with van der Waals surface area (Å²) in [6, 6.07) is 0. The van der Waals surface area contributed by atoms with E-state index in [4.69, 9.17) is 9.46 Å². The molecule has 2 nitrogen and oxygen atoms in total. The van der Waals surface area contributed by atoms with Gasteiger partial charge in [0, 0.05) is 0 Å². The molecule has 0 aromatic carbocycles. The summed E-state index contributed by atoms with van der Waals surface area (Å²) >= 11 is 0.0494. The Morgan fingerprint density at radius 1 is 1.50 bits per heavy atom. The molecule has 0 amide bonds. The molecule has 1 N–H and O–H groups in total. The van der Waals surface area contributed by atoms with Crippen LogP contribution in [0.15, 0.2) is 0 Å². The summed E-state index contributed by atoms with van der Waals surface area (Å²) in [5.74, 6) is 0. The maximum atomic E-state index is 8.46. The summed E-state index contributed by atoms with van der Waals surface area (Å²) in [4.78, 5) is 6.99. The monoisotopic (exact) mass is 262 g/mol. The van der Waals surface area contributed by atoms with Crippen molar-refractivity contribution >= 4 is 8.69 Å². The summed E-state index contributed by atoms with van der Waals surface area (Å²) in [5, 5.41) is 0. The Kier molecular flexibility index (Phi) is 24.0. The van der Waals surface area contributed by atoms with Crippen LogP contribution in [0.25, 0.3) is 0 Å². The molecule has 4 heteroatoms. The van der Waals surface area contributed by atoms with Gasteiger partial charge in [0.05, 0.1) is 0 Å². The maximum absolute atomic E-state index is 8.46. The zero-order valence-electron chi connectivity index (χ0n) is 5.22. The van der Waals surface area contributed by atoms with Gasteiger partial charge in [-0.05, 0) is 0 Å². The molecular formula is C4H11CeO2P. The second-order valence-corrected chi connectivity index (χ2v) is 7.21. The Labute approximate surface area is 72.6 Å². The summed E-state index contributed by atoms with van der Waals surface area (Å²) in [6.07, 6.45) is 0. The fraction of sp³-hybridized carbons (Fsp3) is 1.00. The van der Waals surface area contributed by atoms with E-state index in [9.17, 15) is 0 Å². The van der Waals surface area contributed by atoms with Crippen molar-refractivity contribution in [2.45, 2.75) is 17.7 Å². The van der Waals surface area contributed by atoms with Crippen LogP contribution in [-0.2, 0) is 4.57 Å². The van der Waals surface area contributed by atoms with E-state index in [1.54, 1.807) is 0 Å². The summed E-state index contributed by atoms with van der Waals surface area (Å²) in [6.45, 7) is 4.60. The number of rotatable bonds is 2. The van der Waals surface area contributed by atoms with Crippen LogP contribution in [0.2, 0.25) is 3.88 Å². The van der Waals surface area contributed by atoms with Crippen LogP contribution >= 0.6 is 8.69 Å². The number of hydrogen-bond acceptors (Lipinski definition) is 1. The first-order valence-electron chi connectivity index (χ1n) is 2.50. The van der Waals surface area contributed by atoms with Crippen molar-refractivity contribution in [2.24, 2.45) is 0 Å². The van der Waals surface area contributed by atoms with Crippen LogP contribution in [-0.4, -0.2) is 4.89 Å². The van der Waals surface area contributed by atoms with E-state index >= 15 is 0 Å². The molecule has 0 fully saturated rings. The van der Waals surface area contributed by atoms with Gasteiger partial charge in [-0.25, -0.2) is 4.57 Å². The third-order valence-electron chi connectivity index (χ3n) is 0.500. The van der Waals surface area contributed by atoms with Gasteiger partial charge >= 0.3 is 64.0 Å². The van der Waals surface area contributed by atoms with Gasteiger partial charge in [0.25, 0.3) is 0 Å². The predicted octanol–water partition coefficient (Wildman–Crippen LogP) is 2.13. The molecule has 0 aliphatic carbocycles. The van der Waals surface area contributed by atoms with Crippen LogP contribution in [0, 0.1) is 37.6 Å². The van der Waals surface area contributed by atoms with Crippen molar-refractivity contribution in [1.82, 2.24) is 0 Å². The zero-order chi connectivity index (χ0) is 6.83. The van der Waals surface area contributed by atoms with Crippen LogP contribution in [0.1, 0.15) is 13.8 Å². The van der Waals surface area contributed by atoms with Gasteiger partial charge in [-0.1, -0.05) is 0 Å². The van der Waals surface area contributed by atoms with Crippen LogP contribution in [0.5, 0.6) is 0 Å². The molecule has 0 atom stereocenters. The SMILES string of the molecule is C[CH2][Ce][CH2]C.O=PO. The largest absolute Gasteiger partial charge is 0.324 e. The Morgan fingerprint density at radius 3 is 1.75 bits per heavy atom. The third kappa shape index (κ3) is 26.1. The van der Waals surface area contributed by atoms with Crippen LogP contribution in [0.3, 0.4) is 0 Å². The van der Waals surface area contributed by atoms with Crippen LogP contribution < -0.4 is 0 Å². The van der Waals surface area contributed by atoms with Gasteiger partial charge in [0.15, 0.2) is 0 Å². The second-order valence-electron chi connectivity index (χ2n) is 1.04. The normalized spacial score (nSPS) is 7.38. The Bertz CT molecular complexity index is 41.0. The molecule has 0 unspecified atom stereocenters. The van der Waals surface area contributed by atoms with Crippen molar-refractivity contribution in [2.75, 3.05) is 0 Å². The summed E-state index contributed by atoms with van der Waals surface area (Å²) in [7, 11) is -0.833. The maximum Gasteiger partial charge on any atom is 0.324 e. The molecule has 0 spiro atoms. The molecule has 0 aliphatic rings. The molecule has 0 aromatic rings. The molecule has 8 heavy (non-hydrogen) atoms. The van der Waals surface area contributed by atoms with E-state index < -0.39 is 8.69 Å². The Balaban J connectivity index is 0. The topological polar surface area (TPSA) is 37.3 Å². The fourth-order valence-corrected chi connectivity index (χ4v) is 1.82. The summed E-state index contributed by atoms with van der Waals surface area (Å²) in [5.41, 5.74) is 0. The van der Waals surface area contributed by atoms with Crippen LogP contribution in [0.4, 0.5) is 0 Å². The van der Waals surface area contributed by atoms with Gasteiger partial charge in [-0.2, -0.15) is 0 Å². The molecule has 0 saturated carbocycles. The Hall–Kier alpha value is 1.44. The first kappa shape index (κ1) is 12.1. The molecule has 0 heterocycles. The van der Waals surface area contributed by atoms with E-state index in [1.807, 2.05) is 0 Å². The Morgan fingerprint density at radius 2 is 1.75 bits per heavy atom. The summed E-state index contributed by atoms with van der Waals surface area (Å²) < 4.78 is 11.5. The van der Waals surface area contributed by atoms with E-state index in [2.05, 4.69) is 13.8 Å². The van der Waals surface area contributed by atoms with Crippen molar-refractivity contribution in [3.05, 3.63) is 0 Å². The van der Waals surface area contributed by atoms with E-state index in [0.717, 1.165) is 0 Å². The van der Waals surface area contributed by atoms with E-state index in [0.29, 0.717) is 0 Å². The molecular weight excluding hydrogens is 251 g/mol. The molecule has 0 bridgehead atoms. The van der Waals surface area contributed by atoms with E-state index in [1.165, 1.54) is 3.88 Å². The average Bonchev–Trinajstić information content (AvgIpc) is 1.71. The van der Waals surface area contributed by atoms with Gasteiger partial charge < -0.3 is 4.89 Å². The van der Waals surface area contributed by atoms with E-state index in [-0.39, 0.29) is 37.6 Å². The second kappa shape index (κ2) is 15.8. The van der Waals surface area contributed by atoms with Crippen molar-refractivity contribution in [1.29, 1.82) is 0 Å². The van der Waals surface area contributed by atoms with Gasteiger partial charge in [-0.3, -0.25) is 0 Å². The van der Waals surface area contributed by atoms with Gasteiger partial charge in [0.2, 0.25) is 0 Å². The molecule has 0 rings (SSSR count). The van der Waals surface area contributed by atoms with Gasteiger partial charge in [-0.15, -0.1) is 0 Å². The average molecular weight is 262 g/mol. The minimum absolute atomic E-state index is 0.0494. The molecule has 0 radical (unpaired) electrons. The standard InChI is InChI=1S/2C2H5.Ce.HO2P/c2*1-2;;1-3-2/h2*1H2,2H3;;(H,1,2). The molecule has 0 aliphatic heterocycles. The zero-order valence-corrected chi connectivity index (χ0v) is 9.25. The molecule has 48 valence electrons. The van der Waals surface area contributed by atoms with Crippen molar-refractivity contribution in [3.8, 4) is 0 Å². The quantitative estimate of drug-likeness (QED) is 0.774. The first-order chi connectivity index (χ1) is 3.83. The molecule has 0 saturated heterocycles. The van der Waals surface area contributed by atoms with Gasteiger partial charge in [0.1, 0.15) is 0 Å². The third-order valence-corrected chi connectivity index (χ3v) is 3.64. The smallest absolute Gasteiger partial charge is 0.310 e. The fourth-order valence-electron chi connectivity index (χ4n) is 0.250. The van der Waals surface area contributed by atoms with Crippen molar-refractivity contribution in [3.63, 3.8) is 0 Å². The minimum atomic E-state index is -0.833. The predicted molar refractivity (Wildman–Crippen MR) is 30.8 cm³/mol.